The lowest BCUT2D eigenvalue weighted by atomic mass is 10.2. The van der Waals surface area contributed by atoms with Crippen molar-refractivity contribution in [3.05, 3.63) is 40.9 Å². The maximum absolute atomic E-state index is 10.7. The molecule has 1 aliphatic heterocycles. The minimum absolute atomic E-state index is 0.623. The van der Waals surface area contributed by atoms with E-state index in [9.17, 15) is 14.0 Å². The molecule has 1 atom stereocenters. The Morgan fingerprint density at radius 2 is 1.89 bits per heavy atom. The molecule has 0 saturated carbocycles. The normalized spacial score (nSPS) is 19.7. The fourth-order valence-electron chi connectivity index (χ4n) is 1.29. The molecule has 0 bridgehead atoms. The van der Waals surface area contributed by atoms with Gasteiger partial charge in [0.15, 0.2) is 9.80 Å². The number of rotatable bonds is 3. The van der Waals surface area contributed by atoms with Crippen molar-refractivity contribution in [2.45, 2.75) is 0 Å². The molecule has 1 aliphatic rings. The highest BCUT2D eigenvalue weighted by Crippen LogP contribution is 2.52. The molecule has 1 heterocycles. The fourth-order valence-corrected chi connectivity index (χ4v) is 7.37. The van der Waals surface area contributed by atoms with Crippen molar-refractivity contribution in [1.82, 2.24) is 0 Å². The lowest BCUT2D eigenvalue weighted by molar-refractivity contribution is -1.91. The van der Waals surface area contributed by atoms with Gasteiger partial charge in [0.25, 0.3) is 0 Å². The predicted octanol–water partition coefficient (Wildman–Crippen LogP) is 0.933. The van der Waals surface area contributed by atoms with E-state index in [1.807, 2.05) is 18.2 Å². The van der Waals surface area contributed by atoms with Crippen molar-refractivity contribution in [2.24, 2.45) is 0 Å². The van der Waals surface area contributed by atoms with Crippen molar-refractivity contribution < 1.29 is 28.0 Å². The highest BCUT2D eigenvalue weighted by atomic mass is 35.7. The van der Waals surface area contributed by atoms with Gasteiger partial charge in [-0.05, 0) is 40.8 Å². The summed E-state index contributed by atoms with van der Waals surface area (Å²) in [6, 6.07) is 7.15. The van der Waals surface area contributed by atoms with Crippen molar-refractivity contribution in [1.29, 1.82) is 0 Å². The Bertz CT molecular complexity index is 537. The van der Waals surface area contributed by atoms with E-state index >= 15 is 0 Å². The van der Waals surface area contributed by atoms with E-state index in [1.165, 1.54) is 22.6 Å². The highest BCUT2D eigenvalue weighted by Gasteiger charge is 2.30. The van der Waals surface area contributed by atoms with Gasteiger partial charge in [0, 0.05) is 9.93 Å². The molecule has 1 unspecified atom stereocenters. The Balaban J connectivity index is 2.19. The maximum Gasteiger partial charge on any atom is 0.186 e. The van der Waals surface area contributed by atoms with Crippen molar-refractivity contribution in [3.8, 4) is 0 Å². The molecule has 0 aliphatic carbocycles. The second-order valence-electron chi connectivity index (χ2n) is 3.30. The smallest absolute Gasteiger partial charge is 0.182 e. The van der Waals surface area contributed by atoms with E-state index in [1.54, 1.807) is 18.4 Å². The summed E-state index contributed by atoms with van der Waals surface area (Å²) in [4.78, 5) is 0.850. The molecular weight excluding hydrogens is 351 g/mol. The average molecular weight is 359 g/mol. The van der Waals surface area contributed by atoms with Crippen molar-refractivity contribution in [3.63, 3.8) is 0 Å². The first kappa shape index (κ1) is 15.7. The summed E-state index contributed by atoms with van der Waals surface area (Å²) in [7, 11) is -4.34. The third-order valence-corrected chi connectivity index (χ3v) is 8.29. The molecule has 0 radical (unpaired) electrons. The van der Waals surface area contributed by atoms with E-state index in [0.29, 0.717) is 9.22 Å². The van der Waals surface area contributed by atoms with Gasteiger partial charge in [0.2, 0.25) is 0 Å². The first-order valence-corrected chi connectivity index (χ1v) is 10.1. The van der Waals surface area contributed by atoms with Crippen LogP contribution in [0.5, 0.6) is 0 Å². The second-order valence-corrected chi connectivity index (χ2v) is 9.02. The topological polar surface area (TPSA) is 78.4 Å². The monoisotopic (exact) mass is 358 g/mol. The van der Waals surface area contributed by atoms with E-state index in [0.717, 1.165) is 10.5 Å². The van der Waals surface area contributed by atoms with Crippen LogP contribution in [-0.4, -0.2) is 10.5 Å². The van der Waals surface area contributed by atoms with E-state index in [-0.39, 0.29) is 0 Å². The second kappa shape index (κ2) is 6.38. The number of benzene rings is 1. The van der Waals surface area contributed by atoms with Gasteiger partial charge in [-0.15, -0.1) is 11.8 Å². The van der Waals surface area contributed by atoms with Gasteiger partial charge in [-0.2, -0.15) is 14.0 Å². The summed E-state index contributed by atoms with van der Waals surface area (Å²) in [6.45, 7) is 0. The fraction of sp³-hybridized carbons (Fsp3) is 0.100. The molecule has 1 aromatic carbocycles. The lowest BCUT2D eigenvalue weighted by Gasteiger charge is -2.12. The molecule has 0 fully saturated rings. The first-order chi connectivity index (χ1) is 8.89. The van der Waals surface area contributed by atoms with Gasteiger partial charge in [0.1, 0.15) is 3.74 Å². The largest absolute Gasteiger partial charge is 0.186 e. The third kappa shape index (κ3) is 4.38. The lowest BCUT2D eigenvalue weighted by Crippen LogP contribution is -2.60. The van der Waals surface area contributed by atoms with Crippen LogP contribution in [0.2, 0.25) is 5.02 Å². The number of thioether (sulfide) groups is 1. The maximum atomic E-state index is 10.7. The third-order valence-electron chi connectivity index (χ3n) is 2.04. The molecule has 0 spiro atoms. The molecule has 4 nitrogen and oxygen atoms in total. The molecular formula is C10H8Cl2O4S3. The van der Waals surface area contributed by atoms with Gasteiger partial charge >= 0.3 is 0 Å². The summed E-state index contributed by atoms with van der Waals surface area (Å²) < 4.78 is 37.2. The van der Waals surface area contributed by atoms with Crippen LogP contribution in [0.1, 0.15) is 5.56 Å². The van der Waals surface area contributed by atoms with Crippen LogP contribution in [-0.2, 0) is 3.74 Å². The van der Waals surface area contributed by atoms with E-state index in [4.69, 9.17) is 11.6 Å². The SMILES string of the molecule is CSC1=S(O[Cl+3]([O-])([O-])[O-])SC(c2ccc(Cl)cc2)=C1. The summed E-state index contributed by atoms with van der Waals surface area (Å²) in [6.07, 6.45) is 3.62. The number of hydrogen-bond donors (Lipinski definition) is 0. The molecule has 2 rings (SSSR count). The van der Waals surface area contributed by atoms with Crippen LogP contribution in [0.15, 0.2) is 30.3 Å². The average Bonchev–Trinajstić information content (AvgIpc) is 2.70. The van der Waals surface area contributed by atoms with Crippen LogP contribution in [0.4, 0.5) is 0 Å². The molecule has 19 heavy (non-hydrogen) atoms. The van der Waals surface area contributed by atoms with Crippen LogP contribution < -0.4 is 14.0 Å². The van der Waals surface area contributed by atoms with Gasteiger partial charge in [-0.1, -0.05) is 23.7 Å². The Hall–Kier alpha value is 0.300. The Kier molecular flexibility index (Phi) is 5.27. The first-order valence-electron chi connectivity index (χ1n) is 4.81. The Labute approximate surface area is 128 Å². The quantitative estimate of drug-likeness (QED) is 0.590. The molecule has 0 aromatic heterocycles. The van der Waals surface area contributed by atoms with Gasteiger partial charge in [0.05, 0.1) is 14.4 Å². The minimum atomic E-state index is -4.43. The Morgan fingerprint density at radius 1 is 1.26 bits per heavy atom. The summed E-state index contributed by atoms with van der Waals surface area (Å²) >= 11 is 7.17. The van der Waals surface area contributed by atoms with Gasteiger partial charge in [-0.3, -0.25) is 0 Å². The zero-order valence-electron chi connectivity index (χ0n) is 9.50. The molecule has 104 valence electrons. The van der Waals surface area contributed by atoms with Crippen LogP contribution in [0, 0.1) is 10.2 Å². The highest BCUT2D eigenvalue weighted by molar-refractivity contribution is 8.87. The van der Waals surface area contributed by atoms with Gasteiger partial charge in [-0.25, -0.2) is 0 Å². The summed E-state index contributed by atoms with van der Waals surface area (Å²) in [5, 5.41) is 0.623. The Morgan fingerprint density at radius 3 is 2.42 bits per heavy atom. The van der Waals surface area contributed by atoms with Crippen molar-refractivity contribution in [2.75, 3.05) is 6.26 Å². The summed E-state index contributed by atoms with van der Waals surface area (Å²) in [5.74, 6) is 0. The molecule has 0 N–H and O–H groups in total. The molecule has 1 aromatic rings. The minimum Gasteiger partial charge on any atom is -0.182 e. The van der Waals surface area contributed by atoms with Crippen LogP contribution >= 0.6 is 44.0 Å². The van der Waals surface area contributed by atoms with E-state index < -0.39 is 20.0 Å². The predicted molar refractivity (Wildman–Crippen MR) is 74.2 cm³/mol. The number of halogens is 2. The van der Waals surface area contributed by atoms with Crippen LogP contribution in [0.3, 0.4) is 0 Å². The van der Waals surface area contributed by atoms with Gasteiger partial charge < -0.3 is 0 Å². The molecule has 9 heteroatoms. The van der Waals surface area contributed by atoms with E-state index in [2.05, 4.69) is 3.74 Å². The van der Waals surface area contributed by atoms with Crippen LogP contribution in [0.25, 0.3) is 4.91 Å². The molecule has 0 saturated heterocycles. The zero-order valence-corrected chi connectivity index (χ0v) is 13.5. The number of hydrogen-bond acceptors (Lipinski definition) is 6. The van der Waals surface area contributed by atoms with Crippen molar-refractivity contribution >= 4 is 53.1 Å². The summed E-state index contributed by atoms with van der Waals surface area (Å²) in [5.41, 5.74) is 0.902. The molecule has 0 amide bonds. The standard InChI is InChI=1S/C10H8Cl2O4S3/c1-17-10-6-9(7-2-4-8(11)5-3-7)18-19(10)16-12(13,14)15/h2-6H,1H3. The zero-order chi connectivity index (χ0) is 14.0.